The van der Waals surface area contributed by atoms with Crippen LogP contribution in [0.5, 0.6) is 0 Å². The minimum Gasteiger partial charge on any atom is -0.388 e. The number of rotatable bonds is 2. The molecule has 0 fully saturated rings. The number of nitrogens with zero attached hydrogens (tertiary/aromatic N) is 2. The fraction of sp³-hybridized carbons (Fsp3) is 0.571. The molecule has 0 spiro atoms. The highest BCUT2D eigenvalue weighted by molar-refractivity contribution is 5.03. The van der Waals surface area contributed by atoms with Crippen molar-refractivity contribution in [2.75, 3.05) is 0 Å². The Morgan fingerprint density at radius 2 is 2.40 bits per heavy atom. The first kappa shape index (κ1) is 7.28. The van der Waals surface area contributed by atoms with Crippen LogP contribution in [0, 0.1) is 0 Å². The third-order valence-corrected chi connectivity index (χ3v) is 1.68. The summed E-state index contributed by atoms with van der Waals surface area (Å²) < 4.78 is 1.92. The summed E-state index contributed by atoms with van der Waals surface area (Å²) in [6.45, 7) is 2.09. The van der Waals surface area contributed by atoms with E-state index >= 15 is 0 Å². The fourth-order valence-corrected chi connectivity index (χ4v) is 0.963. The Balaban J connectivity index is 2.97. The van der Waals surface area contributed by atoms with Gasteiger partial charge < -0.3 is 9.67 Å². The van der Waals surface area contributed by atoms with Crippen LogP contribution >= 0.6 is 0 Å². The quantitative estimate of drug-likeness (QED) is 0.648. The van der Waals surface area contributed by atoms with Crippen molar-refractivity contribution in [1.82, 2.24) is 9.55 Å². The van der Waals surface area contributed by atoms with Crippen LogP contribution in [0.2, 0.25) is 0 Å². The van der Waals surface area contributed by atoms with Crippen molar-refractivity contribution in [3.8, 4) is 0 Å². The predicted molar refractivity (Wildman–Crippen MR) is 38.5 cm³/mol. The molecule has 1 N–H and O–H groups in total. The van der Waals surface area contributed by atoms with E-state index in [0.717, 1.165) is 17.9 Å². The molecule has 0 bridgehead atoms. The lowest BCUT2D eigenvalue weighted by Crippen LogP contribution is -2.00. The standard InChI is InChI=1S/C7H12N2O/c1-3-6-4-8-7(5-10)9(6)2/h4,10H,3,5H2,1-2H3. The molecule has 1 aromatic heterocycles. The summed E-state index contributed by atoms with van der Waals surface area (Å²) in [4.78, 5) is 4.02. The van der Waals surface area contributed by atoms with E-state index in [1.165, 1.54) is 0 Å². The zero-order chi connectivity index (χ0) is 7.56. The topological polar surface area (TPSA) is 38.1 Å². The number of aromatic nitrogens is 2. The molecule has 0 aliphatic rings. The van der Waals surface area contributed by atoms with Gasteiger partial charge in [0.2, 0.25) is 0 Å². The highest BCUT2D eigenvalue weighted by Crippen LogP contribution is 2.02. The molecular formula is C7H12N2O. The Kier molecular flexibility index (Phi) is 2.06. The van der Waals surface area contributed by atoms with E-state index in [1.54, 1.807) is 6.20 Å². The monoisotopic (exact) mass is 140 g/mol. The summed E-state index contributed by atoms with van der Waals surface area (Å²) in [5.74, 6) is 0.733. The predicted octanol–water partition coefficient (Wildman–Crippen LogP) is 0.475. The Labute approximate surface area is 60.3 Å². The second-order valence-electron chi connectivity index (χ2n) is 2.24. The smallest absolute Gasteiger partial charge is 0.134 e. The van der Waals surface area contributed by atoms with Crippen LogP contribution in [0.3, 0.4) is 0 Å². The first-order valence-electron chi connectivity index (χ1n) is 3.40. The number of aliphatic hydroxyl groups is 1. The van der Waals surface area contributed by atoms with Gasteiger partial charge in [-0.2, -0.15) is 0 Å². The van der Waals surface area contributed by atoms with Gasteiger partial charge in [-0.15, -0.1) is 0 Å². The second-order valence-corrected chi connectivity index (χ2v) is 2.24. The van der Waals surface area contributed by atoms with Gasteiger partial charge >= 0.3 is 0 Å². The summed E-state index contributed by atoms with van der Waals surface area (Å²) in [6, 6.07) is 0. The second kappa shape index (κ2) is 2.84. The van der Waals surface area contributed by atoms with Gasteiger partial charge in [0, 0.05) is 18.9 Å². The molecule has 0 radical (unpaired) electrons. The number of aliphatic hydroxyl groups excluding tert-OH is 1. The van der Waals surface area contributed by atoms with Gasteiger partial charge in [0.05, 0.1) is 0 Å². The van der Waals surface area contributed by atoms with Crippen molar-refractivity contribution >= 4 is 0 Å². The molecule has 0 aliphatic heterocycles. The van der Waals surface area contributed by atoms with Crippen LogP contribution in [0.15, 0.2) is 6.20 Å². The Morgan fingerprint density at radius 3 is 2.70 bits per heavy atom. The lowest BCUT2D eigenvalue weighted by Gasteiger charge is -1.99. The lowest BCUT2D eigenvalue weighted by atomic mass is 10.4. The van der Waals surface area contributed by atoms with Crippen LogP contribution in [-0.4, -0.2) is 14.7 Å². The van der Waals surface area contributed by atoms with Crippen LogP contribution in [0.25, 0.3) is 0 Å². The SMILES string of the molecule is CCc1cnc(CO)n1C. The van der Waals surface area contributed by atoms with Crippen LogP contribution < -0.4 is 0 Å². The Bertz CT molecular complexity index is 196. The van der Waals surface area contributed by atoms with Crippen molar-refractivity contribution in [1.29, 1.82) is 0 Å². The molecule has 1 aromatic rings. The van der Waals surface area contributed by atoms with Gasteiger partial charge in [-0.3, -0.25) is 0 Å². The lowest BCUT2D eigenvalue weighted by molar-refractivity contribution is 0.267. The van der Waals surface area contributed by atoms with Gasteiger partial charge in [0.1, 0.15) is 12.4 Å². The molecule has 1 heterocycles. The van der Waals surface area contributed by atoms with E-state index in [-0.39, 0.29) is 6.61 Å². The average molecular weight is 140 g/mol. The molecule has 0 aromatic carbocycles. The molecule has 0 amide bonds. The minimum absolute atomic E-state index is 0.0243. The fourth-order valence-electron chi connectivity index (χ4n) is 0.963. The normalized spacial score (nSPS) is 10.3. The molecule has 0 saturated heterocycles. The van der Waals surface area contributed by atoms with Crippen molar-refractivity contribution in [2.24, 2.45) is 7.05 Å². The summed E-state index contributed by atoms with van der Waals surface area (Å²) in [7, 11) is 1.91. The molecule has 3 heteroatoms. The molecule has 0 atom stereocenters. The van der Waals surface area contributed by atoms with E-state index in [2.05, 4.69) is 11.9 Å². The van der Waals surface area contributed by atoms with Gasteiger partial charge in [0.15, 0.2) is 0 Å². The van der Waals surface area contributed by atoms with Crippen molar-refractivity contribution in [3.05, 3.63) is 17.7 Å². The van der Waals surface area contributed by atoms with Gasteiger partial charge in [-0.1, -0.05) is 6.92 Å². The first-order valence-corrected chi connectivity index (χ1v) is 3.40. The summed E-state index contributed by atoms with van der Waals surface area (Å²) in [5.41, 5.74) is 1.16. The third-order valence-electron chi connectivity index (χ3n) is 1.68. The van der Waals surface area contributed by atoms with Crippen LogP contribution in [-0.2, 0) is 20.1 Å². The maximum absolute atomic E-state index is 8.74. The van der Waals surface area contributed by atoms with E-state index in [1.807, 2.05) is 11.6 Å². The highest BCUT2D eigenvalue weighted by Gasteiger charge is 2.01. The third kappa shape index (κ3) is 1.04. The minimum atomic E-state index is 0.0243. The maximum Gasteiger partial charge on any atom is 0.134 e. The molecule has 0 aliphatic carbocycles. The molecule has 0 saturated carbocycles. The van der Waals surface area contributed by atoms with E-state index in [4.69, 9.17) is 5.11 Å². The van der Waals surface area contributed by atoms with Gasteiger partial charge in [-0.25, -0.2) is 4.98 Å². The molecule has 3 nitrogen and oxygen atoms in total. The zero-order valence-electron chi connectivity index (χ0n) is 6.33. The molecule has 0 unspecified atom stereocenters. The van der Waals surface area contributed by atoms with Crippen LogP contribution in [0.4, 0.5) is 0 Å². The van der Waals surface area contributed by atoms with Crippen molar-refractivity contribution < 1.29 is 5.11 Å². The number of hydrogen-bond acceptors (Lipinski definition) is 2. The summed E-state index contributed by atoms with van der Waals surface area (Å²) in [6.07, 6.45) is 2.76. The molecular weight excluding hydrogens is 128 g/mol. The Hall–Kier alpha value is -0.830. The van der Waals surface area contributed by atoms with E-state index < -0.39 is 0 Å². The zero-order valence-corrected chi connectivity index (χ0v) is 6.33. The van der Waals surface area contributed by atoms with Gasteiger partial charge in [-0.05, 0) is 6.42 Å². The van der Waals surface area contributed by atoms with Crippen molar-refractivity contribution in [2.45, 2.75) is 20.0 Å². The summed E-state index contributed by atoms with van der Waals surface area (Å²) >= 11 is 0. The highest BCUT2D eigenvalue weighted by atomic mass is 16.3. The largest absolute Gasteiger partial charge is 0.388 e. The first-order chi connectivity index (χ1) is 4.79. The number of aryl methyl sites for hydroxylation is 1. The van der Waals surface area contributed by atoms with Crippen LogP contribution in [0.1, 0.15) is 18.4 Å². The van der Waals surface area contributed by atoms with E-state index in [9.17, 15) is 0 Å². The number of hydrogen-bond donors (Lipinski definition) is 1. The molecule has 56 valence electrons. The van der Waals surface area contributed by atoms with E-state index in [0.29, 0.717) is 0 Å². The Morgan fingerprint density at radius 1 is 1.70 bits per heavy atom. The summed E-state index contributed by atoms with van der Waals surface area (Å²) in [5, 5.41) is 8.74. The maximum atomic E-state index is 8.74. The number of imidazole rings is 1. The molecule has 1 rings (SSSR count). The van der Waals surface area contributed by atoms with Gasteiger partial charge in [0.25, 0.3) is 0 Å². The average Bonchev–Trinajstić information content (AvgIpc) is 2.30. The van der Waals surface area contributed by atoms with Crippen molar-refractivity contribution in [3.63, 3.8) is 0 Å². The molecule has 10 heavy (non-hydrogen) atoms.